The van der Waals surface area contributed by atoms with E-state index in [4.69, 9.17) is 18.9 Å². The Kier molecular flexibility index (Phi) is 9.68. The Bertz CT molecular complexity index is 1740. The fraction of sp³-hybridized carbons (Fsp3) is 0.0909. The molecule has 0 radical (unpaired) electrons. The number of carbonyl (C=O) groups excluding carboxylic acids is 3. The number of ether oxygens (including phenoxy) is 4. The third-order valence-corrected chi connectivity index (χ3v) is 6.70. The van der Waals surface area contributed by atoms with Crippen molar-refractivity contribution in [3.63, 3.8) is 0 Å². The van der Waals surface area contributed by atoms with E-state index < -0.39 is 17.8 Å². The molecule has 1 heterocycles. The maximum absolute atomic E-state index is 13.2. The average Bonchev–Trinajstić information content (AvgIpc) is 3.51. The van der Waals surface area contributed by atoms with Gasteiger partial charge in [-0.3, -0.25) is 9.59 Å². The van der Waals surface area contributed by atoms with Crippen molar-refractivity contribution in [3.8, 4) is 23.0 Å². The first-order chi connectivity index (χ1) is 21.4. The highest BCUT2D eigenvalue weighted by Crippen LogP contribution is 2.33. The summed E-state index contributed by atoms with van der Waals surface area (Å²) in [6, 6.07) is 25.3. The Morgan fingerprint density at radius 1 is 0.864 bits per heavy atom. The summed E-state index contributed by atoms with van der Waals surface area (Å²) >= 11 is 3.34. The Morgan fingerprint density at radius 2 is 1.61 bits per heavy atom. The number of carbonyl (C=O) groups is 3. The molecule has 0 unspecified atom stereocenters. The Hall–Kier alpha value is -5.42. The van der Waals surface area contributed by atoms with Crippen LogP contribution in [0.5, 0.6) is 23.0 Å². The number of nitrogens with one attached hydrogen (secondary N) is 2. The molecule has 2 amide bonds. The van der Waals surface area contributed by atoms with Gasteiger partial charge in [-0.05, 0) is 90.9 Å². The molecule has 10 nitrogen and oxygen atoms in total. The number of amides is 2. The van der Waals surface area contributed by atoms with Crippen molar-refractivity contribution in [1.29, 1.82) is 0 Å². The van der Waals surface area contributed by atoms with Crippen molar-refractivity contribution < 1.29 is 33.3 Å². The molecule has 0 aliphatic carbocycles. The topological polar surface area (TPSA) is 125 Å². The molecule has 0 saturated heterocycles. The van der Waals surface area contributed by atoms with Gasteiger partial charge in [-0.25, -0.2) is 10.2 Å². The van der Waals surface area contributed by atoms with Crippen LogP contribution in [-0.4, -0.2) is 37.4 Å². The van der Waals surface area contributed by atoms with Gasteiger partial charge in [0.15, 0.2) is 23.0 Å². The molecule has 2 N–H and O–H groups in total. The standard InChI is InChI=1S/C33H26BrN3O7/c1-2-41-30-18-22(9-15-28(30)44-33(40)24-10-12-25(34)13-11-24)19-35-37-32(39)26(36-31(38)23-6-4-3-5-7-23)16-21-8-14-27-29(17-21)43-20-42-27/h3-19H,2,20H2,1H3,(H,36,38)(H,37,39). The summed E-state index contributed by atoms with van der Waals surface area (Å²) in [5, 5.41) is 6.72. The monoisotopic (exact) mass is 655 g/mol. The first-order valence-corrected chi connectivity index (χ1v) is 14.2. The number of hydrogen-bond acceptors (Lipinski definition) is 8. The van der Waals surface area contributed by atoms with E-state index in [1.54, 1.807) is 97.9 Å². The maximum Gasteiger partial charge on any atom is 0.343 e. The molecule has 44 heavy (non-hydrogen) atoms. The highest BCUT2D eigenvalue weighted by Gasteiger charge is 2.17. The van der Waals surface area contributed by atoms with Crippen LogP contribution in [0.2, 0.25) is 0 Å². The van der Waals surface area contributed by atoms with Crippen LogP contribution in [0, 0.1) is 0 Å². The molecule has 0 fully saturated rings. The minimum Gasteiger partial charge on any atom is -0.490 e. The number of benzene rings is 4. The Morgan fingerprint density at radius 3 is 2.39 bits per heavy atom. The molecule has 0 atom stereocenters. The second-order valence-corrected chi connectivity index (χ2v) is 10.1. The van der Waals surface area contributed by atoms with E-state index in [0.29, 0.717) is 46.1 Å². The second kappa shape index (κ2) is 14.2. The second-order valence-electron chi connectivity index (χ2n) is 9.23. The van der Waals surface area contributed by atoms with Crippen LogP contribution in [0.25, 0.3) is 6.08 Å². The van der Waals surface area contributed by atoms with Crippen LogP contribution in [0.1, 0.15) is 38.8 Å². The van der Waals surface area contributed by atoms with Gasteiger partial charge < -0.3 is 24.3 Å². The van der Waals surface area contributed by atoms with Crippen molar-refractivity contribution in [2.45, 2.75) is 6.92 Å². The van der Waals surface area contributed by atoms with Crippen molar-refractivity contribution in [1.82, 2.24) is 10.7 Å². The van der Waals surface area contributed by atoms with Gasteiger partial charge in [0.2, 0.25) is 6.79 Å². The lowest BCUT2D eigenvalue weighted by Gasteiger charge is -2.11. The fourth-order valence-corrected chi connectivity index (χ4v) is 4.30. The van der Waals surface area contributed by atoms with Gasteiger partial charge in [-0.15, -0.1) is 0 Å². The lowest BCUT2D eigenvalue weighted by atomic mass is 10.1. The van der Waals surface area contributed by atoms with Crippen molar-refractivity contribution in [2.24, 2.45) is 5.10 Å². The quantitative estimate of drug-likeness (QED) is 0.0736. The summed E-state index contributed by atoms with van der Waals surface area (Å²) < 4.78 is 22.8. The molecule has 0 bridgehead atoms. The van der Waals surface area contributed by atoms with E-state index in [9.17, 15) is 14.4 Å². The van der Waals surface area contributed by atoms with Crippen LogP contribution in [0.4, 0.5) is 0 Å². The number of rotatable bonds is 10. The molecule has 4 aromatic rings. The van der Waals surface area contributed by atoms with Crippen molar-refractivity contribution in [3.05, 3.63) is 123 Å². The van der Waals surface area contributed by atoms with Gasteiger partial charge in [0.05, 0.1) is 18.4 Å². The van der Waals surface area contributed by atoms with Gasteiger partial charge in [0.1, 0.15) is 5.70 Å². The molecular formula is C33H26BrN3O7. The predicted molar refractivity (Wildman–Crippen MR) is 167 cm³/mol. The van der Waals surface area contributed by atoms with Gasteiger partial charge in [-0.2, -0.15) is 5.10 Å². The molecule has 1 aliphatic rings. The maximum atomic E-state index is 13.2. The van der Waals surface area contributed by atoms with Crippen LogP contribution >= 0.6 is 15.9 Å². The summed E-state index contributed by atoms with van der Waals surface area (Å²) in [4.78, 5) is 38.7. The SMILES string of the molecule is CCOc1cc(C=NNC(=O)C(=Cc2ccc3c(c2)OCO3)NC(=O)c2ccccc2)ccc1OC(=O)c1ccc(Br)cc1. The summed E-state index contributed by atoms with van der Waals surface area (Å²) in [6.07, 6.45) is 2.91. The average molecular weight is 656 g/mol. The number of esters is 1. The third kappa shape index (κ3) is 7.69. The molecule has 0 aromatic heterocycles. The predicted octanol–water partition coefficient (Wildman–Crippen LogP) is 5.72. The first-order valence-electron chi connectivity index (χ1n) is 13.5. The Balaban J connectivity index is 1.31. The molecular weight excluding hydrogens is 630 g/mol. The minimum atomic E-state index is -0.659. The molecule has 222 valence electrons. The molecule has 0 saturated carbocycles. The van der Waals surface area contributed by atoms with Crippen molar-refractivity contribution >= 4 is 46.0 Å². The summed E-state index contributed by atoms with van der Waals surface area (Å²) in [7, 11) is 0. The lowest BCUT2D eigenvalue weighted by Crippen LogP contribution is -2.32. The normalized spacial score (nSPS) is 12.1. The highest BCUT2D eigenvalue weighted by atomic mass is 79.9. The van der Waals surface area contributed by atoms with Crippen LogP contribution in [0.15, 0.2) is 106 Å². The third-order valence-electron chi connectivity index (χ3n) is 6.17. The van der Waals surface area contributed by atoms with Crippen LogP contribution in [-0.2, 0) is 4.79 Å². The smallest absolute Gasteiger partial charge is 0.343 e. The molecule has 4 aromatic carbocycles. The minimum absolute atomic E-state index is 0.0416. The van der Waals surface area contributed by atoms with Crippen LogP contribution in [0.3, 0.4) is 0 Å². The zero-order valence-electron chi connectivity index (χ0n) is 23.4. The summed E-state index contributed by atoms with van der Waals surface area (Å²) in [5.41, 5.74) is 4.33. The van der Waals surface area contributed by atoms with E-state index in [2.05, 4.69) is 31.8 Å². The van der Waals surface area contributed by atoms with E-state index in [1.807, 2.05) is 0 Å². The van der Waals surface area contributed by atoms with E-state index in [-0.39, 0.29) is 18.2 Å². The van der Waals surface area contributed by atoms with E-state index in [1.165, 1.54) is 12.3 Å². The number of hydrogen-bond donors (Lipinski definition) is 2. The van der Waals surface area contributed by atoms with Gasteiger partial charge >= 0.3 is 5.97 Å². The van der Waals surface area contributed by atoms with Gasteiger partial charge in [-0.1, -0.05) is 40.2 Å². The molecule has 1 aliphatic heterocycles. The fourth-order valence-electron chi connectivity index (χ4n) is 4.04. The van der Waals surface area contributed by atoms with E-state index in [0.717, 1.165) is 4.47 Å². The van der Waals surface area contributed by atoms with E-state index >= 15 is 0 Å². The van der Waals surface area contributed by atoms with Crippen molar-refractivity contribution in [2.75, 3.05) is 13.4 Å². The van der Waals surface area contributed by atoms with Gasteiger partial charge in [0, 0.05) is 10.0 Å². The largest absolute Gasteiger partial charge is 0.490 e. The number of halogens is 1. The summed E-state index contributed by atoms with van der Waals surface area (Å²) in [6.45, 7) is 2.24. The lowest BCUT2D eigenvalue weighted by molar-refractivity contribution is -0.117. The van der Waals surface area contributed by atoms with Gasteiger partial charge in [0.25, 0.3) is 11.8 Å². The number of fused-ring (bicyclic) bond motifs is 1. The molecule has 11 heteroatoms. The number of hydrazone groups is 1. The molecule has 0 spiro atoms. The van der Waals surface area contributed by atoms with Crippen LogP contribution < -0.4 is 29.7 Å². The number of nitrogens with zero attached hydrogens (tertiary/aromatic N) is 1. The first kappa shape index (κ1) is 30.1. The zero-order valence-corrected chi connectivity index (χ0v) is 25.0. The summed E-state index contributed by atoms with van der Waals surface area (Å²) in [5.74, 6) is 0.0185. The zero-order chi connectivity index (χ0) is 30.9. The molecule has 5 rings (SSSR count). The Labute approximate surface area is 261 Å². The highest BCUT2D eigenvalue weighted by molar-refractivity contribution is 9.10.